The van der Waals surface area contributed by atoms with Crippen LogP contribution in [0.3, 0.4) is 0 Å². The molecule has 6 heteroatoms. The first kappa shape index (κ1) is 19.7. The predicted molar refractivity (Wildman–Crippen MR) is 114 cm³/mol. The number of aliphatic imine (C=N–C) groups is 1. The standard InChI is InChI=1S/C22H35N5O/c1-23-22(24-14-18-8-10-25(2)11-9-18)27-16-20-21(17-27)28-13-12-26(20)15-19-6-4-3-5-7-19/h3-7,18,20-21H,8-17H2,1-2H3,(H,23,24). The molecule has 2 unspecified atom stereocenters. The molecule has 28 heavy (non-hydrogen) atoms. The number of likely N-dealkylation sites (tertiary alicyclic amines) is 2. The van der Waals surface area contributed by atoms with Gasteiger partial charge in [0.2, 0.25) is 0 Å². The number of benzene rings is 1. The van der Waals surface area contributed by atoms with Crippen molar-refractivity contribution in [1.29, 1.82) is 0 Å². The molecule has 0 saturated carbocycles. The molecule has 3 aliphatic heterocycles. The molecule has 0 aromatic heterocycles. The Hall–Kier alpha value is -1.63. The summed E-state index contributed by atoms with van der Waals surface area (Å²) in [5.41, 5.74) is 1.38. The third-order valence-electron chi connectivity index (χ3n) is 6.54. The van der Waals surface area contributed by atoms with Gasteiger partial charge in [-0.3, -0.25) is 9.89 Å². The first-order valence-corrected chi connectivity index (χ1v) is 10.8. The summed E-state index contributed by atoms with van der Waals surface area (Å²) in [6.45, 7) is 8.20. The number of morpholine rings is 1. The Kier molecular flexibility index (Phi) is 6.50. The monoisotopic (exact) mass is 385 g/mol. The van der Waals surface area contributed by atoms with Crippen LogP contribution in [-0.4, -0.2) is 92.8 Å². The van der Waals surface area contributed by atoms with Crippen LogP contribution < -0.4 is 5.32 Å². The van der Waals surface area contributed by atoms with Crippen molar-refractivity contribution in [2.75, 3.05) is 60.0 Å². The number of nitrogens with zero attached hydrogens (tertiary/aromatic N) is 4. The minimum Gasteiger partial charge on any atom is -0.373 e. The highest BCUT2D eigenvalue weighted by Crippen LogP contribution is 2.25. The molecule has 0 aliphatic carbocycles. The Balaban J connectivity index is 1.33. The number of hydrogen-bond donors (Lipinski definition) is 1. The zero-order valence-corrected chi connectivity index (χ0v) is 17.4. The molecule has 3 fully saturated rings. The lowest BCUT2D eigenvalue weighted by molar-refractivity contribution is -0.0502. The molecule has 6 nitrogen and oxygen atoms in total. The number of ether oxygens (including phenoxy) is 1. The smallest absolute Gasteiger partial charge is 0.193 e. The minimum atomic E-state index is 0.277. The lowest BCUT2D eigenvalue weighted by atomic mass is 9.97. The molecule has 3 aliphatic rings. The van der Waals surface area contributed by atoms with Crippen molar-refractivity contribution in [3.63, 3.8) is 0 Å². The summed E-state index contributed by atoms with van der Waals surface area (Å²) in [6.07, 6.45) is 2.83. The Morgan fingerprint density at radius 1 is 1.14 bits per heavy atom. The second kappa shape index (κ2) is 9.25. The first-order chi connectivity index (χ1) is 13.7. The topological polar surface area (TPSA) is 43.3 Å². The maximum absolute atomic E-state index is 6.13. The van der Waals surface area contributed by atoms with Crippen molar-refractivity contribution < 1.29 is 4.74 Å². The highest BCUT2D eigenvalue weighted by Gasteiger charge is 2.41. The largest absolute Gasteiger partial charge is 0.373 e. The molecular formula is C22H35N5O. The number of hydrogen-bond acceptors (Lipinski definition) is 4. The van der Waals surface area contributed by atoms with E-state index in [0.717, 1.165) is 51.2 Å². The maximum atomic E-state index is 6.13. The number of piperidine rings is 1. The van der Waals surface area contributed by atoms with Crippen LogP contribution in [0.1, 0.15) is 18.4 Å². The van der Waals surface area contributed by atoms with Gasteiger partial charge < -0.3 is 19.9 Å². The van der Waals surface area contributed by atoms with Gasteiger partial charge in [-0.05, 0) is 44.5 Å². The number of rotatable bonds is 4. The second-order valence-corrected chi connectivity index (χ2v) is 8.51. The molecule has 0 radical (unpaired) electrons. The van der Waals surface area contributed by atoms with Crippen molar-refractivity contribution >= 4 is 5.96 Å². The third kappa shape index (κ3) is 4.67. The highest BCUT2D eigenvalue weighted by molar-refractivity contribution is 5.80. The number of fused-ring (bicyclic) bond motifs is 1. The summed E-state index contributed by atoms with van der Waals surface area (Å²) in [5, 5.41) is 3.65. The van der Waals surface area contributed by atoms with Crippen LogP contribution >= 0.6 is 0 Å². The van der Waals surface area contributed by atoms with Crippen molar-refractivity contribution in [1.82, 2.24) is 20.0 Å². The van der Waals surface area contributed by atoms with Crippen molar-refractivity contribution in [3.05, 3.63) is 35.9 Å². The zero-order chi connectivity index (χ0) is 19.3. The van der Waals surface area contributed by atoms with Crippen molar-refractivity contribution in [2.24, 2.45) is 10.9 Å². The average molecular weight is 386 g/mol. The van der Waals surface area contributed by atoms with Gasteiger partial charge in [0.25, 0.3) is 0 Å². The van der Waals surface area contributed by atoms with Crippen molar-refractivity contribution in [3.8, 4) is 0 Å². The van der Waals surface area contributed by atoms with E-state index in [4.69, 9.17) is 4.74 Å². The number of guanidine groups is 1. The molecule has 154 valence electrons. The van der Waals surface area contributed by atoms with E-state index < -0.39 is 0 Å². The molecule has 1 aromatic carbocycles. The van der Waals surface area contributed by atoms with Crippen LogP contribution in [0.25, 0.3) is 0 Å². The fourth-order valence-electron chi connectivity index (χ4n) is 4.78. The fraction of sp³-hybridized carbons (Fsp3) is 0.682. The Morgan fingerprint density at radius 3 is 2.68 bits per heavy atom. The predicted octanol–water partition coefficient (Wildman–Crippen LogP) is 1.49. The van der Waals surface area contributed by atoms with Gasteiger partial charge in [0.15, 0.2) is 5.96 Å². The van der Waals surface area contributed by atoms with Crippen LogP contribution in [0.2, 0.25) is 0 Å². The summed E-state index contributed by atoms with van der Waals surface area (Å²) < 4.78 is 6.13. The third-order valence-corrected chi connectivity index (χ3v) is 6.54. The Morgan fingerprint density at radius 2 is 1.93 bits per heavy atom. The lowest BCUT2D eigenvalue weighted by Gasteiger charge is -2.36. The van der Waals surface area contributed by atoms with Crippen LogP contribution in [0.4, 0.5) is 0 Å². The van der Waals surface area contributed by atoms with Gasteiger partial charge in [-0.25, -0.2) is 0 Å². The van der Waals surface area contributed by atoms with E-state index in [1.54, 1.807) is 0 Å². The summed E-state index contributed by atoms with van der Waals surface area (Å²) in [4.78, 5) is 12.0. The zero-order valence-electron chi connectivity index (χ0n) is 17.4. The summed E-state index contributed by atoms with van der Waals surface area (Å²) in [7, 11) is 4.12. The maximum Gasteiger partial charge on any atom is 0.193 e. The normalized spacial score (nSPS) is 27.8. The quantitative estimate of drug-likeness (QED) is 0.628. The van der Waals surface area contributed by atoms with E-state index in [-0.39, 0.29) is 6.10 Å². The van der Waals surface area contributed by atoms with Gasteiger partial charge in [-0.2, -0.15) is 0 Å². The van der Waals surface area contributed by atoms with E-state index in [1.165, 1.54) is 31.5 Å². The van der Waals surface area contributed by atoms with E-state index >= 15 is 0 Å². The molecule has 1 N–H and O–H groups in total. The number of nitrogens with one attached hydrogen (secondary N) is 1. The molecule has 4 rings (SSSR count). The molecule has 0 bridgehead atoms. The summed E-state index contributed by atoms with van der Waals surface area (Å²) in [6, 6.07) is 11.2. The average Bonchev–Trinajstić information content (AvgIpc) is 3.16. The Bertz CT molecular complexity index is 644. The molecule has 1 aromatic rings. The first-order valence-electron chi connectivity index (χ1n) is 10.8. The lowest BCUT2D eigenvalue weighted by Crippen LogP contribution is -2.50. The Labute approximate surface area is 169 Å². The van der Waals surface area contributed by atoms with E-state index in [1.807, 2.05) is 7.05 Å². The summed E-state index contributed by atoms with van der Waals surface area (Å²) in [5.74, 6) is 1.79. The fourth-order valence-corrected chi connectivity index (χ4v) is 4.78. The SMILES string of the molecule is CN=C(NCC1CCN(C)CC1)N1CC2OCCN(Cc3ccccc3)C2C1. The van der Waals surface area contributed by atoms with Crippen LogP contribution in [0.15, 0.2) is 35.3 Å². The van der Waals surface area contributed by atoms with E-state index in [9.17, 15) is 0 Å². The minimum absolute atomic E-state index is 0.277. The molecule has 3 heterocycles. The van der Waals surface area contributed by atoms with Gasteiger partial charge in [0.1, 0.15) is 0 Å². The van der Waals surface area contributed by atoms with Gasteiger partial charge in [0, 0.05) is 39.8 Å². The molecule has 2 atom stereocenters. The molecule has 0 spiro atoms. The van der Waals surface area contributed by atoms with Gasteiger partial charge in [-0.15, -0.1) is 0 Å². The summed E-state index contributed by atoms with van der Waals surface area (Å²) >= 11 is 0. The molecule has 0 amide bonds. The van der Waals surface area contributed by atoms with Gasteiger partial charge >= 0.3 is 0 Å². The molecule has 3 saturated heterocycles. The molecular weight excluding hydrogens is 350 g/mol. The van der Waals surface area contributed by atoms with Gasteiger partial charge in [-0.1, -0.05) is 30.3 Å². The van der Waals surface area contributed by atoms with E-state index in [2.05, 4.69) is 62.4 Å². The van der Waals surface area contributed by atoms with Crippen LogP contribution in [-0.2, 0) is 11.3 Å². The van der Waals surface area contributed by atoms with Crippen molar-refractivity contribution in [2.45, 2.75) is 31.5 Å². The second-order valence-electron chi connectivity index (χ2n) is 8.51. The van der Waals surface area contributed by atoms with Crippen LogP contribution in [0, 0.1) is 5.92 Å². The van der Waals surface area contributed by atoms with Gasteiger partial charge in [0.05, 0.1) is 18.8 Å². The van der Waals surface area contributed by atoms with Crippen LogP contribution in [0.5, 0.6) is 0 Å². The van der Waals surface area contributed by atoms with E-state index in [0.29, 0.717) is 6.04 Å². The highest BCUT2D eigenvalue weighted by atomic mass is 16.5.